The Morgan fingerprint density at radius 2 is 2.23 bits per heavy atom. The molecule has 1 aromatic carbocycles. The summed E-state index contributed by atoms with van der Waals surface area (Å²) in [5, 5.41) is 7.71. The number of aromatic amines is 1. The monoisotopic (exact) mass is 238 g/mol. The predicted molar refractivity (Wildman–Crippen MR) is 54.8 cm³/mol. The first-order chi connectivity index (χ1) is 6.18. The minimum absolute atomic E-state index is 0.137. The van der Waals surface area contributed by atoms with Crippen LogP contribution < -0.4 is 5.56 Å². The Kier molecular flexibility index (Phi) is 1.92. The lowest BCUT2D eigenvalue weighted by Crippen LogP contribution is -2.08. The number of hydrogen-bond acceptors (Lipinski definition) is 2. The van der Waals surface area contributed by atoms with E-state index in [-0.39, 0.29) is 5.56 Å². The molecule has 0 amide bonds. The molecule has 3 nitrogen and oxygen atoms in total. The molecule has 0 atom stereocenters. The largest absolute Gasteiger partial charge is 0.272 e. The van der Waals surface area contributed by atoms with E-state index in [1.54, 1.807) is 6.20 Å². The number of rotatable bonds is 0. The maximum Gasteiger partial charge on any atom is 0.272 e. The summed E-state index contributed by atoms with van der Waals surface area (Å²) < 4.78 is 0.963. The molecule has 0 aliphatic heterocycles. The molecule has 0 aliphatic carbocycles. The highest BCUT2D eigenvalue weighted by Crippen LogP contribution is 2.19. The van der Waals surface area contributed by atoms with Gasteiger partial charge >= 0.3 is 0 Å². The summed E-state index contributed by atoms with van der Waals surface area (Å²) in [4.78, 5) is 11.4. The van der Waals surface area contributed by atoms with Crippen molar-refractivity contribution >= 4 is 26.7 Å². The molecule has 0 saturated carbocycles. The fourth-order valence-electron chi connectivity index (χ4n) is 1.40. The van der Waals surface area contributed by atoms with Crippen LogP contribution in [-0.4, -0.2) is 10.2 Å². The Morgan fingerprint density at radius 1 is 1.46 bits per heavy atom. The van der Waals surface area contributed by atoms with Crippen LogP contribution in [-0.2, 0) is 0 Å². The van der Waals surface area contributed by atoms with Crippen LogP contribution in [0.1, 0.15) is 5.56 Å². The number of fused-ring (bicyclic) bond motifs is 1. The smallest absolute Gasteiger partial charge is 0.267 e. The van der Waals surface area contributed by atoms with Crippen molar-refractivity contribution in [3.05, 3.63) is 38.7 Å². The van der Waals surface area contributed by atoms with E-state index in [0.717, 1.165) is 15.4 Å². The zero-order chi connectivity index (χ0) is 9.42. The van der Waals surface area contributed by atoms with Gasteiger partial charge in [-0.25, -0.2) is 5.10 Å². The number of aryl methyl sites for hydroxylation is 1. The van der Waals surface area contributed by atoms with Crippen LogP contribution in [0.3, 0.4) is 0 Å². The Morgan fingerprint density at radius 3 is 3.00 bits per heavy atom. The van der Waals surface area contributed by atoms with E-state index in [1.165, 1.54) is 0 Å². The van der Waals surface area contributed by atoms with Crippen molar-refractivity contribution in [2.45, 2.75) is 6.92 Å². The molecule has 13 heavy (non-hydrogen) atoms. The number of nitrogens with zero attached hydrogens (tertiary/aromatic N) is 1. The molecule has 4 heteroatoms. The normalized spacial score (nSPS) is 10.6. The zero-order valence-corrected chi connectivity index (χ0v) is 8.55. The number of aromatic nitrogens is 2. The molecule has 0 spiro atoms. The minimum Gasteiger partial charge on any atom is -0.267 e. The van der Waals surface area contributed by atoms with Gasteiger partial charge in [0.05, 0.1) is 11.6 Å². The van der Waals surface area contributed by atoms with Crippen molar-refractivity contribution in [2.24, 2.45) is 0 Å². The average molecular weight is 239 g/mol. The Balaban J connectivity index is 3.03. The van der Waals surface area contributed by atoms with E-state index in [2.05, 4.69) is 26.1 Å². The van der Waals surface area contributed by atoms with E-state index < -0.39 is 0 Å². The van der Waals surface area contributed by atoms with Gasteiger partial charge in [-0.3, -0.25) is 4.79 Å². The molecule has 0 unspecified atom stereocenters. The van der Waals surface area contributed by atoms with Crippen LogP contribution in [0, 0.1) is 6.92 Å². The third-order valence-corrected chi connectivity index (χ3v) is 2.39. The van der Waals surface area contributed by atoms with Crippen LogP contribution in [0.25, 0.3) is 10.8 Å². The van der Waals surface area contributed by atoms with Gasteiger partial charge in [0.25, 0.3) is 5.56 Å². The molecule has 2 rings (SSSR count). The molecule has 1 heterocycles. The van der Waals surface area contributed by atoms with Gasteiger partial charge in [0.1, 0.15) is 0 Å². The molecule has 1 aromatic heterocycles. The highest BCUT2D eigenvalue weighted by atomic mass is 79.9. The second kappa shape index (κ2) is 2.96. The van der Waals surface area contributed by atoms with Gasteiger partial charge in [-0.2, -0.15) is 5.10 Å². The van der Waals surface area contributed by atoms with Crippen molar-refractivity contribution < 1.29 is 0 Å². The minimum atomic E-state index is -0.137. The second-order valence-corrected chi connectivity index (χ2v) is 3.80. The van der Waals surface area contributed by atoms with Crippen LogP contribution in [0.2, 0.25) is 0 Å². The van der Waals surface area contributed by atoms with Crippen molar-refractivity contribution in [1.29, 1.82) is 0 Å². The quantitative estimate of drug-likeness (QED) is 0.764. The number of hydrogen-bond donors (Lipinski definition) is 1. The third kappa shape index (κ3) is 1.37. The van der Waals surface area contributed by atoms with Gasteiger partial charge in [0.15, 0.2) is 0 Å². The van der Waals surface area contributed by atoms with Gasteiger partial charge in [0.2, 0.25) is 0 Å². The highest BCUT2D eigenvalue weighted by molar-refractivity contribution is 9.10. The van der Waals surface area contributed by atoms with Crippen molar-refractivity contribution in [3.63, 3.8) is 0 Å². The third-order valence-electron chi connectivity index (χ3n) is 1.93. The van der Waals surface area contributed by atoms with Crippen molar-refractivity contribution in [1.82, 2.24) is 10.2 Å². The van der Waals surface area contributed by atoms with Gasteiger partial charge in [-0.1, -0.05) is 15.9 Å². The molecular formula is C9H7BrN2O. The van der Waals surface area contributed by atoms with Gasteiger partial charge < -0.3 is 0 Å². The number of halogens is 1. The maximum absolute atomic E-state index is 11.4. The Hall–Kier alpha value is -1.16. The van der Waals surface area contributed by atoms with Crippen molar-refractivity contribution in [2.75, 3.05) is 0 Å². The number of benzene rings is 1. The summed E-state index contributed by atoms with van der Waals surface area (Å²) in [5.41, 5.74) is 0.815. The highest BCUT2D eigenvalue weighted by Gasteiger charge is 2.02. The average Bonchev–Trinajstić information content (AvgIpc) is 2.02. The fraction of sp³-hybridized carbons (Fsp3) is 0.111. The number of nitrogens with one attached hydrogen (secondary N) is 1. The fourth-order valence-corrected chi connectivity index (χ4v) is 1.99. The molecule has 66 valence electrons. The lowest BCUT2D eigenvalue weighted by atomic mass is 10.1. The van der Waals surface area contributed by atoms with Crippen LogP contribution >= 0.6 is 15.9 Å². The molecule has 1 N–H and O–H groups in total. The lowest BCUT2D eigenvalue weighted by molar-refractivity contribution is 1.01. The predicted octanol–water partition coefficient (Wildman–Crippen LogP) is 1.99. The molecule has 0 saturated heterocycles. The summed E-state index contributed by atoms with van der Waals surface area (Å²) in [7, 11) is 0. The first kappa shape index (κ1) is 8.44. The van der Waals surface area contributed by atoms with Crippen molar-refractivity contribution in [3.8, 4) is 0 Å². The van der Waals surface area contributed by atoms with E-state index >= 15 is 0 Å². The summed E-state index contributed by atoms with van der Waals surface area (Å²) >= 11 is 3.37. The standard InChI is InChI=1S/C9H7BrN2O/c1-5-2-7(10)3-6-4-11-12-9(13)8(5)6/h2-4H,1H3,(H,12,13). The molecule has 0 radical (unpaired) electrons. The topological polar surface area (TPSA) is 45.8 Å². The van der Waals surface area contributed by atoms with E-state index in [4.69, 9.17) is 0 Å². The van der Waals surface area contributed by atoms with E-state index in [1.807, 2.05) is 19.1 Å². The van der Waals surface area contributed by atoms with Crippen LogP contribution in [0.5, 0.6) is 0 Å². The molecule has 0 aliphatic rings. The van der Waals surface area contributed by atoms with Gasteiger partial charge in [-0.05, 0) is 24.6 Å². The summed E-state index contributed by atoms with van der Waals surface area (Å²) in [5.74, 6) is 0. The van der Waals surface area contributed by atoms with E-state index in [0.29, 0.717) is 5.39 Å². The first-order valence-electron chi connectivity index (χ1n) is 3.82. The van der Waals surface area contributed by atoms with E-state index in [9.17, 15) is 4.79 Å². The summed E-state index contributed by atoms with van der Waals surface area (Å²) in [6.45, 7) is 1.91. The molecule has 0 fully saturated rings. The second-order valence-electron chi connectivity index (χ2n) is 2.89. The lowest BCUT2D eigenvalue weighted by Gasteiger charge is -2.00. The van der Waals surface area contributed by atoms with Crippen LogP contribution in [0.15, 0.2) is 27.6 Å². The molecular weight excluding hydrogens is 232 g/mol. The summed E-state index contributed by atoms with van der Waals surface area (Å²) in [6, 6.07) is 3.79. The molecule has 0 bridgehead atoms. The zero-order valence-electron chi connectivity index (χ0n) is 6.97. The van der Waals surface area contributed by atoms with Gasteiger partial charge in [0, 0.05) is 9.86 Å². The van der Waals surface area contributed by atoms with Gasteiger partial charge in [-0.15, -0.1) is 0 Å². The Labute approximate surface area is 82.9 Å². The van der Waals surface area contributed by atoms with Crippen LogP contribution in [0.4, 0.5) is 0 Å². The molecule has 2 aromatic rings. The first-order valence-corrected chi connectivity index (χ1v) is 4.61. The maximum atomic E-state index is 11.4. The number of H-pyrrole nitrogens is 1. The SMILES string of the molecule is Cc1cc(Br)cc2cn[nH]c(=O)c12. The summed E-state index contributed by atoms with van der Waals surface area (Å²) in [6.07, 6.45) is 1.65. The Bertz CT molecular complexity index is 518.